The number of para-hydroxylation sites is 1. The Morgan fingerprint density at radius 2 is 1.88 bits per heavy atom. The van der Waals surface area contributed by atoms with Crippen LogP contribution in [0.15, 0.2) is 71.2 Å². The third kappa shape index (κ3) is 3.59. The standard InChI is InChI=1S/C21H17NO2S2/c23-20-19(13-16-12-17-8-4-5-9-18(17)24-14-16)26-21(25)22(20)11-10-15-6-2-1-3-7-15/h1-9,12-13H,10-11,14H2. The lowest BCUT2D eigenvalue weighted by Crippen LogP contribution is -2.30. The van der Waals surface area contributed by atoms with E-state index in [-0.39, 0.29) is 5.91 Å². The van der Waals surface area contributed by atoms with Crippen molar-refractivity contribution in [3.8, 4) is 5.75 Å². The van der Waals surface area contributed by atoms with Gasteiger partial charge in [0.2, 0.25) is 0 Å². The Labute approximate surface area is 162 Å². The zero-order chi connectivity index (χ0) is 17.9. The van der Waals surface area contributed by atoms with Gasteiger partial charge in [-0.1, -0.05) is 72.5 Å². The molecule has 5 heteroatoms. The Hall–Kier alpha value is -2.37. The second-order valence-corrected chi connectivity index (χ2v) is 7.79. The van der Waals surface area contributed by atoms with Crippen LogP contribution in [0.2, 0.25) is 0 Å². The minimum absolute atomic E-state index is 0.0179. The molecule has 0 N–H and O–H groups in total. The topological polar surface area (TPSA) is 29.5 Å². The molecule has 0 radical (unpaired) electrons. The first-order chi connectivity index (χ1) is 12.7. The van der Waals surface area contributed by atoms with Gasteiger partial charge < -0.3 is 4.74 Å². The van der Waals surface area contributed by atoms with Crippen molar-refractivity contribution in [3.63, 3.8) is 0 Å². The molecule has 2 aromatic rings. The minimum Gasteiger partial charge on any atom is -0.488 e. The van der Waals surface area contributed by atoms with E-state index in [1.807, 2.05) is 48.5 Å². The summed E-state index contributed by atoms with van der Waals surface area (Å²) in [7, 11) is 0. The fourth-order valence-electron chi connectivity index (χ4n) is 2.96. The number of rotatable bonds is 4. The van der Waals surface area contributed by atoms with E-state index in [9.17, 15) is 4.79 Å². The number of hydrogen-bond donors (Lipinski definition) is 0. The van der Waals surface area contributed by atoms with E-state index in [0.717, 1.165) is 23.3 Å². The van der Waals surface area contributed by atoms with Crippen LogP contribution in [-0.2, 0) is 11.2 Å². The Morgan fingerprint density at radius 1 is 1.12 bits per heavy atom. The van der Waals surface area contributed by atoms with Gasteiger partial charge in [-0.05, 0) is 35.8 Å². The van der Waals surface area contributed by atoms with E-state index >= 15 is 0 Å². The average molecular weight is 380 g/mol. The first-order valence-corrected chi connectivity index (χ1v) is 9.65. The molecule has 26 heavy (non-hydrogen) atoms. The highest BCUT2D eigenvalue weighted by Gasteiger charge is 2.32. The maximum Gasteiger partial charge on any atom is 0.266 e. The van der Waals surface area contributed by atoms with Crippen molar-refractivity contribution in [2.75, 3.05) is 13.2 Å². The largest absolute Gasteiger partial charge is 0.488 e. The number of nitrogens with zero attached hydrogens (tertiary/aromatic N) is 1. The molecule has 0 unspecified atom stereocenters. The number of carbonyl (C=O) groups excluding carboxylic acids is 1. The summed E-state index contributed by atoms with van der Waals surface area (Å²) in [4.78, 5) is 15.1. The van der Waals surface area contributed by atoms with Crippen LogP contribution in [0.4, 0.5) is 0 Å². The van der Waals surface area contributed by atoms with E-state index in [1.165, 1.54) is 17.3 Å². The van der Waals surface area contributed by atoms with Gasteiger partial charge in [0, 0.05) is 12.1 Å². The van der Waals surface area contributed by atoms with E-state index in [1.54, 1.807) is 4.90 Å². The molecule has 1 saturated heterocycles. The summed E-state index contributed by atoms with van der Waals surface area (Å²) < 4.78 is 6.38. The summed E-state index contributed by atoms with van der Waals surface area (Å²) in [5.74, 6) is 0.857. The molecule has 2 aliphatic heterocycles. The highest BCUT2D eigenvalue weighted by atomic mass is 32.2. The van der Waals surface area contributed by atoms with Crippen molar-refractivity contribution in [1.82, 2.24) is 4.90 Å². The van der Waals surface area contributed by atoms with Gasteiger partial charge in [0.1, 0.15) is 16.7 Å². The monoisotopic (exact) mass is 379 g/mol. The lowest BCUT2D eigenvalue weighted by Gasteiger charge is -2.16. The molecule has 0 aliphatic carbocycles. The summed E-state index contributed by atoms with van der Waals surface area (Å²) >= 11 is 6.78. The molecule has 3 nitrogen and oxygen atoms in total. The summed E-state index contributed by atoms with van der Waals surface area (Å²) in [5, 5.41) is 0. The fraction of sp³-hybridized carbons (Fsp3) is 0.143. The van der Waals surface area contributed by atoms with E-state index in [4.69, 9.17) is 17.0 Å². The fourth-order valence-corrected chi connectivity index (χ4v) is 4.29. The van der Waals surface area contributed by atoms with Crippen LogP contribution in [0.5, 0.6) is 5.75 Å². The number of amides is 1. The molecule has 2 heterocycles. The summed E-state index contributed by atoms with van der Waals surface area (Å²) in [6, 6.07) is 18.0. The molecule has 0 saturated carbocycles. The first-order valence-electron chi connectivity index (χ1n) is 8.42. The van der Waals surface area contributed by atoms with Crippen molar-refractivity contribution in [1.29, 1.82) is 0 Å². The van der Waals surface area contributed by atoms with Crippen LogP contribution in [0.1, 0.15) is 11.1 Å². The van der Waals surface area contributed by atoms with Crippen molar-refractivity contribution in [2.45, 2.75) is 6.42 Å². The van der Waals surface area contributed by atoms with Gasteiger partial charge in [-0.15, -0.1) is 0 Å². The van der Waals surface area contributed by atoms with Gasteiger partial charge in [0.05, 0.1) is 4.91 Å². The third-order valence-electron chi connectivity index (χ3n) is 4.31. The Bertz CT molecular complexity index is 919. The number of thiocarbonyl (C=S) groups is 1. The summed E-state index contributed by atoms with van der Waals surface area (Å²) in [6.45, 7) is 1.07. The van der Waals surface area contributed by atoms with Gasteiger partial charge in [-0.25, -0.2) is 0 Å². The molecule has 1 fully saturated rings. The zero-order valence-corrected chi connectivity index (χ0v) is 15.7. The minimum atomic E-state index is -0.0179. The molecule has 0 bridgehead atoms. The second-order valence-electron chi connectivity index (χ2n) is 6.11. The van der Waals surface area contributed by atoms with Gasteiger partial charge >= 0.3 is 0 Å². The van der Waals surface area contributed by atoms with Crippen LogP contribution in [0.3, 0.4) is 0 Å². The van der Waals surface area contributed by atoms with E-state index in [0.29, 0.717) is 22.4 Å². The molecule has 2 aliphatic rings. The molecule has 4 rings (SSSR count). The van der Waals surface area contributed by atoms with Gasteiger partial charge in [-0.2, -0.15) is 0 Å². The molecule has 0 aromatic heterocycles. The number of carbonyl (C=O) groups is 1. The normalized spacial score (nSPS) is 17.9. The third-order valence-corrected chi connectivity index (χ3v) is 5.69. The Kier molecular flexibility index (Phi) is 4.91. The van der Waals surface area contributed by atoms with Crippen LogP contribution >= 0.6 is 24.0 Å². The van der Waals surface area contributed by atoms with Gasteiger partial charge in [0.15, 0.2) is 0 Å². The number of hydrogen-bond acceptors (Lipinski definition) is 4. The van der Waals surface area contributed by atoms with Crippen LogP contribution in [-0.4, -0.2) is 28.3 Å². The summed E-state index contributed by atoms with van der Waals surface area (Å²) in [5.41, 5.74) is 3.21. The van der Waals surface area contributed by atoms with Crippen LogP contribution in [0.25, 0.3) is 6.08 Å². The maximum atomic E-state index is 12.7. The molecule has 0 spiro atoms. The zero-order valence-electron chi connectivity index (χ0n) is 14.1. The molecule has 130 valence electrons. The molecule has 1 amide bonds. The number of ether oxygens (including phenoxy) is 1. The highest BCUT2D eigenvalue weighted by molar-refractivity contribution is 8.26. The molecular weight excluding hydrogens is 362 g/mol. The number of fused-ring (bicyclic) bond motifs is 1. The SMILES string of the molecule is O=C1C(=CC2=Cc3ccccc3OC2)SC(=S)N1CCc1ccccc1. The van der Waals surface area contributed by atoms with Crippen LogP contribution < -0.4 is 4.74 Å². The molecular formula is C21H17NO2S2. The highest BCUT2D eigenvalue weighted by Crippen LogP contribution is 2.34. The quantitative estimate of drug-likeness (QED) is 0.580. The maximum absolute atomic E-state index is 12.7. The van der Waals surface area contributed by atoms with Crippen LogP contribution in [0, 0.1) is 0 Å². The average Bonchev–Trinajstić information content (AvgIpc) is 2.94. The first kappa shape index (κ1) is 17.1. The van der Waals surface area contributed by atoms with Crippen molar-refractivity contribution in [3.05, 3.63) is 82.3 Å². The van der Waals surface area contributed by atoms with E-state index < -0.39 is 0 Å². The summed E-state index contributed by atoms with van der Waals surface area (Å²) in [6.07, 6.45) is 4.76. The Balaban J connectivity index is 1.49. The smallest absolute Gasteiger partial charge is 0.266 e. The number of benzene rings is 2. The Morgan fingerprint density at radius 3 is 2.73 bits per heavy atom. The molecule has 2 aromatic carbocycles. The van der Waals surface area contributed by atoms with Gasteiger partial charge in [0.25, 0.3) is 5.91 Å². The van der Waals surface area contributed by atoms with Crippen molar-refractivity contribution >= 4 is 40.3 Å². The second kappa shape index (κ2) is 7.48. The number of thioether (sulfide) groups is 1. The van der Waals surface area contributed by atoms with Crippen molar-refractivity contribution in [2.24, 2.45) is 0 Å². The van der Waals surface area contributed by atoms with E-state index in [2.05, 4.69) is 18.2 Å². The van der Waals surface area contributed by atoms with Crippen molar-refractivity contribution < 1.29 is 9.53 Å². The lowest BCUT2D eigenvalue weighted by atomic mass is 10.1. The predicted molar refractivity (Wildman–Crippen MR) is 110 cm³/mol. The predicted octanol–water partition coefficient (Wildman–Crippen LogP) is 4.45. The molecule has 0 atom stereocenters. The van der Waals surface area contributed by atoms with Gasteiger partial charge in [-0.3, -0.25) is 9.69 Å². The lowest BCUT2D eigenvalue weighted by molar-refractivity contribution is -0.122.